The van der Waals surface area contributed by atoms with E-state index >= 15 is 0 Å². The summed E-state index contributed by atoms with van der Waals surface area (Å²) in [5, 5.41) is 24.1. The van der Waals surface area contributed by atoms with Gasteiger partial charge in [0.1, 0.15) is 0 Å². The molecule has 128 valence electrons. The van der Waals surface area contributed by atoms with Crippen LogP contribution in [0.25, 0.3) is 6.08 Å². The zero-order chi connectivity index (χ0) is 18.4. The van der Waals surface area contributed by atoms with E-state index in [9.17, 15) is 25.0 Å². The molecule has 0 saturated carbocycles. The lowest BCUT2D eigenvalue weighted by atomic mass is 10.2. The number of hydrogen-bond acceptors (Lipinski definition) is 6. The highest BCUT2D eigenvalue weighted by Gasteiger charge is 2.15. The number of nitrogens with zero attached hydrogens (tertiary/aromatic N) is 2. The molecule has 0 unspecified atom stereocenters. The number of anilines is 1. The highest BCUT2D eigenvalue weighted by atomic mass is 16.6. The number of methoxy groups -OCH3 is 1. The molecule has 2 aromatic carbocycles. The van der Waals surface area contributed by atoms with E-state index in [0.29, 0.717) is 5.56 Å². The van der Waals surface area contributed by atoms with Crippen molar-refractivity contribution in [2.75, 3.05) is 12.4 Å². The number of non-ortho nitro benzene ring substituents is 1. The summed E-state index contributed by atoms with van der Waals surface area (Å²) < 4.78 is 4.88. The predicted molar refractivity (Wildman–Crippen MR) is 90.4 cm³/mol. The molecule has 0 radical (unpaired) electrons. The van der Waals surface area contributed by atoms with Crippen LogP contribution in [0.4, 0.5) is 17.1 Å². The Balaban J connectivity index is 2.12. The van der Waals surface area contributed by atoms with Crippen LogP contribution < -0.4 is 10.1 Å². The summed E-state index contributed by atoms with van der Waals surface area (Å²) in [7, 11) is 1.31. The van der Waals surface area contributed by atoms with Gasteiger partial charge >= 0.3 is 5.69 Å². The Morgan fingerprint density at radius 2 is 1.88 bits per heavy atom. The molecule has 0 atom stereocenters. The molecule has 1 N–H and O–H groups in total. The number of ether oxygens (including phenoxy) is 1. The third kappa shape index (κ3) is 4.61. The van der Waals surface area contributed by atoms with Crippen molar-refractivity contribution in [2.45, 2.75) is 0 Å². The molecular weight excluding hydrogens is 330 g/mol. The number of carbonyl (C=O) groups excluding carboxylic acids is 1. The van der Waals surface area contributed by atoms with Gasteiger partial charge in [0, 0.05) is 30.0 Å². The lowest BCUT2D eigenvalue weighted by molar-refractivity contribution is -0.385. The van der Waals surface area contributed by atoms with Crippen molar-refractivity contribution in [1.82, 2.24) is 0 Å². The van der Waals surface area contributed by atoms with E-state index in [1.807, 2.05) is 0 Å². The van der Waals surface area contributed by atoms with Crippen LogP contribution in [0.1, 0.15) is 5.56 Å². The number of benzene rings is 2. The minimum absolute atomic E-state index is 0.0788. The van der Waals surface area contributed by atoms with Gasteiger partial charge in [0.05, 0.1) is 17.0 Å². The Kier molecular flexibility index (Phi) is 5.41. The molecule has 0 bridgehead atoms. The fourth-order valence-electron chi connectivity index (χ4n) is 2.01. The highest BCUT2D eigenvalue weighted by molar-refractivity contribution is 6.02. The predicted octanol–water partition coefficient (Wildman–Crippen LogP) is 3.16. The van der Waals surface area contributed by atoms with Gasteiger partial charge in [-0.3, -0.25) is 25.0 Å². The Labute approximate surface area is 141 Å². The minimum Gasteiger partial charge on any atom is -0.490 e. The summed E-state index contributed by atoms with van der Waals surface area (Å²) >= 11 is 0. The normalized spacial score (nSPS) is 10.4. The van der Waals surface area contributed by atoms with E-state index in [0.717, 1.165) is 0 Å². The fraction of sp³-hybridized carbons (Fsp3) is 0.0625. The topological polar surface area (TPSA) is 125 Å². The van der Waals surface area contributed by atoms with E-state index in [1.54, 1.807) is 6.07 Å². The molecule has 0 aliphatic heterocycles. The van der Waals surface area contributed by atoms with Crippen LogP contribution in [0.3, 0.4) is 0 Å². The van der Waals surface area contributed by atoms with Crippen molar-refractivity contribution < 1.29 is 19.4 Å². The SMILES string of the molecule is COc1ccc(NC(=O)/C=C/c2cccc([N+](=O)[O-])c2)cc1[N+](=O)[O-]. The summed E-state index contributed by atoms with van der Waals surface area (Å²) in [6.07, 6.45) is 2.58. The van der Waals surface area contributed by atoms with E-state index in [4.69, 9.17) is 4.74 Å². The quantitative estimate of drug-likeness (QED) is 0.488. The number of nitro benzene ring substituents is 2. The standard InChI is InChI=1S/C16H13N3O6/c1-25-15-7-6-12(10-14(15)19(23)24)17-16(20)8-5-11-3-2-4-13(9-11)18(21)22/h2-10H,1H3,(H,17,20)/b8-5+. The molecule has 0 aromatic heterocycles. The lowest BCUT2D eigenvalue weighted by Gasteiger charge is -2.05. The number of rotatable bonds is 6. The molecular formula is C16H13N3O6. The zero-order valence-electron chi connectivity index (χ0n) is 13.0. The summed E-state index contributed by atoms with van der Waals surface area (Å²) in [6.45, 7) is 0. The van der Waals surface area contributed by atoms with Crippen LogP contribution in [0.5, 0.6) is 5.75 Å². The fourth-order valence-corrected chi connectivity index (χ4v) is 2.01. The molecule has 2 aromatic rings. The van der Waals surface area contributed by atoms with Gasteiger partial charge in [0.2, 0.25) is 5.91 Å². The van der Waals surface area contributed by atoms with Crippen LogP contribution in [-0.2, 0) is 4.79 Å². The summed E-state index contributed by atoms with van der Waals surface area (Å²) in [5.74, 6) is -0.457. The van der Waals surface area contributed by atoms with Crippen molar-refractivity contribution in [3.8, 4) is 5.75 Å². The maximum absolute atomic E-state index is 11.9. The molecule has 1 amide bonds. The average Bonchev–Trinajstić information content (AvgIpc) is 2.60. The minimum atomic E-state index is -0.618. The Morgan fingerprint density at radius 3 is 2.52 bits per heavy atom. The molecule has 9 heteroatoms. The highest BCUT2D eigenvalue weighted by Crippen LogP contribution is 2.29. The summed E-state index contributed by atoms with van der Waals surface area (Å²) in [4.78, 5) is 32.4. The first kappa shape index (κ1) is 17.6. The van der Waals surface area contributed by atoms with Crippen LogP contribution in [0.2, 0.25) is 0 Å². The molecule has 0 saturated heterocycles. The monoisotopic (exact) mass is 343 g/mol. The van der Waals surface area contributed by atoms with Gasteiger partial charge in [-0.1, -0.05) is 12.1 Å². The number of nitrogens with one attached hydrogen (secondary N) is 1. The van der Waals surface area contributed by atoms with Gasteiger partial charge in [-0.15, -0.1) is 0 Å². The van der Waals surface area contributed by atoms with Crippen LogP contribution in [0, 0.1) is 20.2 Å². The molecule has 0 fully saturated rings. The molecule has 0 aliphatic rings. The van der Waals surface area contributed by atoms with Gasteiger partial charge in [0.15, 0.2) is 5.75 Å². The van der Waals surface area contributed by atoms with E-state index in [1.165, 1.54) is 55.7 Å². The number of amides is 1. The van der Waals surface area contributed by atoms with Gasteiger partial charge in [0.25, 0.3) is 5.69 Å². The van der Waals surface area contributed by atoms with Crippen LogP contribution in [0.15, 0.2) is 48.5 Å². The Hall–Kier alpha value is -3.75. The second-order valence-corrected chi connectivity index (χ2v) is 4.82. The number of hydrogen-bond donors (Lipinski definition) is 1. The molecule has 25 heavy (non-hydrogen) atoms. The second-order valence-electron chi connectivity index (χ2n) is 4.82. The van der Waals surface area contributed by atoms with E-state index < -0.39 is 15.8 Å². The largest absolute Gasteiger partial charge is 0.490 e. The van der Waals surface area contributed by atoms with Crippen LogP contribution in [-0.4, -0.2) is 22.9 Å². The lowest BCUT2D eigenvalue weighted by Crippen LogP contribution is -2.08. The van der Waals surface area contributed by atoms with Crippen molar-refractivity contribution in [3.05, 3.63) is 74.3 Å². The molecule has 9 nitrogen and oxygen atoms in total. The zero-order valence-corrected chi connectivity index (χ0v) is 13.0. The van der Waals surface area contributed by atoms with Gasteiger partial charge in [-0.25, -0.2) is 0 Å². The van der Waals surface area contributed by atoms with Crippen molar-refractivity contribution in [1.29, 1.82) is 0 Å². The molecule has 0 spiro atoms. The first-order chi connectivity index (χ1) is 11.9. The molecule has 0 aliphatic carbocycles. The maximum Gasteiger partial charge on any atom is 0.312 e. The first-order valence-corrected chi connectivity index (χ1v) is 6.96. The Morgan fingerprint density at radius 1 is 1.12 bits per heavy atom. The van der Waals surface area contributed by atoms with E-state index in [2.05, 4.69) is 5.32 Å². The average molecular weight is 343 g/mol. The number of nitro groups is 2. The molecule has 0 heterocycles. The third-order valence-electron chi connectivity index (χ3n) is 3.15. The van der Waals surface area contributed by atoms with Crippen LogP contribution >= 0.6 is 0 Å². The van der Waals surface area contributed by atoms with Crippen molar-refractivity contribution in [2.24, 2.45) is 0 Å². The third-order valence-corrected chi connectivity index (χ3v) is 3.15. The maximum atomic E-state index is 11.9. The molecule has 2 rings (SSSR count). The van der Waals surface area contributed by atoms with Crippen molar-refractivity contribution >= 4 is 29.0 Å². The van der Waals surface area contributed by atoms with Gasteiger partial charge in [-0.05, 0) is 23.8 Å². The van der Waals surface area contributed by atoms with E-state index in [-0.39, 0.29) is 22.8 Å². The smallest absolute Gasteiger partial charge is 0.312 e. The second kappa shape index (κ2) is 7.68. The summed E-state index contributed by atoms with van der Waals surface area (Å²) in [6, 6.07) is 9.79. The number of carbonyl (C=O) groups is 1. The van der Waals surface area contributed by atoms with Gasteiger partial charge < -0.3 is 10.1 Å². The first-order valence-electron chi connectivity index (χ1n) is 6.96. The Bertz CT molecular complexity index is 863. The summed E-state index contributed by atoms with van der Waals surface area (Å²) in [5.41, 5.74) is 0.336. The van der Waals surface area contributed by atoms with Crippen molar-refractivity contribution in [3.63, 3.8) is 0 Å². The van der Waals surface area contributed by atoms with Gasteiger partial charge in [-0.2, -0.15) is 0 Å².